The van der Waals surface area contributed by atoms with E-state index in [1.54, 1.807) is 31.2 Å². The van der Waals surface area contributed by atoms with E-state index in [2.05, 4.69) is 10.4 Å². The number of nitrogens with one attached hydrogen (secondary N) is 1. The molecule has 2 atom stereocenters. The molecule has 0 spiro atoms. The molecule has 7 heteroatoms. The number of carboxylic acid groups (broad SMARTS) is 1. The van der Waals surface area contributed by atoms with Crippen molar-refractivity contribution in [2.45, 2.75) is 26.3 Å². The van der Waals surface area contributed by atoms with Crippen molar-refractivity contribution in [2.24, 2.45) is 5.92 Å². The molecule has 0 saturated carbocycles. The lowest BCUT2D eigenvalue weighted by molar-refractivity contribution is -0.140. The standard InChI is InChI=1S/C16H19N3O4/c1-3-10(2)13(16(22)23)17-15(21)14-12(20)9-19(18-14)11-7-5-4-6-8-11/h4-10,13,20H,3H2,1-2H3,(H,17,21)(H,22,23)/t10-,13-/m0/s1. The van der Waals surface area contributed by atoms with Gasteiger partial charge >= 0.3 is 5.97 Å². The van der Waals surface area contributed by atoms with Gasteiger partial charge in [0.1, 0.15) is 6.04 Å². The van der Waals surface area contributed by atoms with Gasteiger partial charge in [-0.25, -0.2) is 9.48 Å². The highest BCUT2D eigenvalue weighted by molar-refractivity contribution is 5.97. The van der Waals surface area contributed by atoms with E-state index in [4.69, 9.17) is 0 Å². The molecule has 0 saturated heterocycles. The van der Waals surface area contributed by atoms with Crippen molar-refractivity contribution in [3.8, 4) is 11.4 Å². The van der Waals surface area contributed by atoms with Crippen LogP contribution in [0.4, 0.5) is 0 Å². The lowest BCUT2D eigenvalue weighted by Crippen LogP contribution is -2.45. The summed E-state index contributed by atoms with van der Waals surface area (Å²) in [5, 5.41) is 25.6. The Morgan fingerprint density at radius 1 is 1.30 bits per heavy atom. The Morgan fingerprint density at radius 3 is 2.52 bits per heavy atom. The summed E-state index contributed by atoms with van der Waals surface area (Å²) in [6, 6.07) is 7.95. The minimum atomic E-state index is -1.12. The van der Waals surface area contributed by atoms with E-state index in [1.165, 1.54) is 10.9 Å². The predicted octanol–water partition coefficient (Wildman–Crippen LogP) is 1.81. The van der Waals surface area contributed by atoms with E-state index in [0.29, 0.717) is 12.1 Å². The highest BCUT2D eigenvalue weighted by Gasteiger charge is 2.28. The summed E-state index contributed by atoms with van der Waals surface area (Å²) in [5.74, 6) is -2.38. The molecule has 1 aromatic carbocycles. The summed E-state index contributed by atoms with van der Waals surface area (Å²) in [5.41, 5.74) is 0.474. The molecule has 122 valence electrons. The molecule has 23 heavy (non-hydrogen) atoms. The topological polar surface area (TPSA) is 104 Å². The van der Waals surface area contributed by atoms with Crippen molar-refractivity contribution in [3.63, 3.8) is 0 Å². The van der Waals surface area contributed by atoms with Crippen LogP contribution in [0, 0.1) is 5.92 Å². The highest BCUT2D eigenvalue weighted by atomic mass is 16.4. The number of nitrogens with zero attached hydrogens (tertiary/aromatic N) is 2. The van der Waals surface area contributed by atoms with E-state index < -0.39 is 17.9 Å². The van der Waals surface area contributed by atoms with Crippen LogP contribution in [0.3, 0.4) is 0 Å². The summed E-state index contributed by atoms with van der Waals surface area (Å²) in [6.45, 7) is 3.58. The van der Waals surface area contributed by atoms with Crippen molar-refractivity contribution in [3.05, 3.63) is 42.2 Å². The third-order valence-corrected chi connectivity index (χ3v) is 3.70. The van der Waals surface area contributed by atoms with Crippen molar-refractivity contribution >= 4 is 11.9 Å². The first-order chi connectivity index (χ1) is 10.9. The second kappa shape index (κ2) is 6.95. The first-order valence-electron chi connectivity index (χ1n) is 7.31. The van der Waals surface area contributed by atoms with Gasteiger partial charge in [0.05, 0.1) is 11.9 Å². The van der Waals surface area contributed by atoms with Crippen LogP contribution in [-0.2, 0) is 4.79 Å². The van der Waals surface area contributed by atoms with Crippen molar-refractivity contribution < 1.29 is 19.8 Å². The van der Waals surface area contributed by atoms with Crippen LogP contribution in [0.2, 0.25) is 0 Å². The molecule has 0 fully saturated rings. The van der Waals surface area contributed by atoms with Crippen molar-refractivity contribution in [1.29, 1.82) is 0 Å². The zero-order chi connectivity index (χ0) is 17.0. The van der Waals surface area contributed by atoms with Crippen LogP contribution in [0.1, 0.15) is 30.8 Å². The maximum Gasteiger partial charge on any atom is 0.326 e. The summed E-state index contributed by atoms with van der Waals surface area (Å²) in [7, 11) is 0. The van der Waals surface area contributed by atoms with Crippen LogP contribution in [0.15, 0.2) is 36.5 Å². The fourth-order valence-corrected chi connectivity index (χ4v) is 2.13. The summed E-state index contributed by atoms with van der Waals surface area (Å²) >= 11 is 0. The molecule has 0 bridgehead atoms. The monoisotopic (exact) mass is 317 g/mol. The number of amides is 1. The average molecular weight is 317 g/mol. The second-order valence-electron chi connectivity index (χ2n) is 5.32. The quantitative estimate of drug-likeness (QED) is 0.753. The van der Waals surface area contributed by atoms with Gasteiger partial charge in [-0.3, -0.25) is 4.79 Å². The van der Waals surface area contributed by atoms with E-state index in [9.17, 15) is 19.8 Å². The van der Waals surface area contributed by atoms with Gasteiger partial charge < -0.3 is 15.5 Å². The Hall–Kier alpha value is -2.83. The molecule has 1 aromatic heterocycles. The van der Waals surface area contributed by atoms with E-state index >= 15 is 0 Å². The molecule has 2 rings (SSSR count). The number of carboxylic acids is 1. The molecular weight excluding hydrogens is 298 g/mol. The number of para-hydroxylation sites is 1. The molecule has 0 aliphatic carbocycles. The van der Waals surface area contributed by atoms with E-state index in [0.717, 1.165) is 0 Å². The van der Waals surface area contributed by atoms with Gasteiger partial charge in [-0.1, -0.05) is 38.5 Å². The molecule has 3 N–H and O–H groups in total. The molecule has 0 aliphatic rings. The molecule has 0 unspecified atom stereocenters. The van der Waals surface area contributed by atoms with Crippen LogP contribution in [-0.4, -0.2) is 37.9 Å². The van der Waals surface area contributed by atoms with Gasteiger partial charge in [0, 0.05) is 0 Å². The molecule has 2 aromatic rings. The Labute approximate surface area is 133 Å². The highest BCUT2D eigenvalue weighted by Crippen LogP contribution is 2.19. The lowest BCUT2D eigenvalue weighted by Gasteiger charge is -2.19. The van der Waals surface area contributed by atoms with Gasteiger partial charge in [-0.05, 0) is 18.1 Å². The summed E-state index contributed by atoms with van der Waals surface area (Å²) in [6.07, 6.45) is 1.91. The van der Waals surface area contributed by atoms with Crippen molar-refractivity contribution in [2.75, 3.05) is 0 Å². The molecule has 7 nitrogen and oxygen atoms in total. The van der Waals surface area contributed by atoms with Gasteiger partial charge in [-0.2, -0.15) is 5.10 Å². The average Bonchev–Trinajstić information content (AvgIpc) is 2.94. The maximum atomic E-state index is 12.2. The zero-order valence-corrected chi connectivity index (χ0v) is 12.9. The normalized spacial score (nSPS) is 13.3. The van der Waals surface area contributed by atoms with Gasteiger partial charge in [0.15, 0.2) is 11.4 Å². The molecule has 1 heterocycles. The third kappa shape index (κ3) is 3.68. The lowest BCUT2D eigenvalue weighted by atomic mass is 9.99. The SMILES string of the molecule is CC[C@H](C)[C@H](NC(=O)c1nn(-c2ccccc2)cc1O)C(=O)O. The Kier molecular flexibility index (Phi) is 5.00. The summed E-state index contributed by atoms with van der Waals surface area (Å²) < 4.78 is 1.36. The first-order valence-corrected chi connectivity index (χ1v) is 7.31. The van der Waals surface area contributed by atoms with Crippen LogP contribution in [0.25, 0.3) is 5.69 Å². The number of rotatable bonds is 6. The molecule has 0 radical (unpaired) electrons. The third-order valence-electron chi connectivity index (χ3n) is 3.70. The van der Waals surface area contributed by atoms with Gasteiger partial charge in [-0.15, -0.1) is 0 Å². The molecular formula is C16H19N3O4. The number of aromatic hydroxyl groups is 1. The Bertz CT molecular complexity index is 697. The molecule has 0 aliphatic heterocycles. The van der Waals surface area contributed by atoms with E-state index in [1.807, 2.05) is 13.0 Å². The second-order valence-corrected chi connectivity index (χ2v) is 5.32. The Morgan fingerprint density at radius 2 is 1.96 bits per heavy atom. The van der Waals surface area contributed by atoms with Crippen molar-refractivity contribution in [1.82, 2.24) is 15.1 Å². The number of carbonyl (C=O) groups excluding carboxylic acids is 1. The number of hydrogen-bond acceptors (Lipinski definition) is 4. The minimum absolute atomic E-state index is 0.205. The van der Waals surface area contributed by atoms with Crippen LogP contribution < -0.4 is 5.32 Å². The van der Waals surface area contributed by atoms with Gasteiger partial charge in [0.2, 0.25) is 0 Å². The smallest absolute Gasteiger partial charge is 0.326 e. The van der Waals surface area contributed by atoms with E-state index in [-0.39, 0.29) is 17.4 Å². The number of aliphatic carboxylic acids is 1. The fraction of sp³-hybridized carbons (Fsp3) is 0.312. The fourth-order valence-electron chi connectivity index (χ4n) is 2.13. The maximum absolute atomic E-state index is 12.2. The first kappa shape index (κ1) is 16.5. The Balaban J connectivity index is 2.23. The summed E-state index contributed by atoms with van der Waals surface area (Å²) in [4.78, 5) is 23.5. The molecule has 1 amide bonds. The number of hydrogen-bond donors (Lipinski definition) is 3. The minimum Gasteiger partial charge on any atom is -0.504 e. The number of carbonyl (C=O) groups is 2. The van der Waals surface area contributed by atoms with Gasteiger partial charge in [0.25, 0.3) is 5.91 Å². The predicted molar refractivity (Wildman–Crippen MR) is 83.6 cm³/mol. The number of aromatic nitrogens is 2. The van der Waals surface area contributed by atoms with Crippen LogP contribution >= 0.6 is 0 Å². The zero-order valence-electron chi connectivity index (χ0n) is 12.9. The largest absolute Gasteiger partial charge is 0.504 e. The van der Waals surface area contributed by atoms with Crippen LogP contribution in [0.5, 0.6) is 5.75 Å². The number of benzene rings is 1.